The molecule has 0 aliphatic rings. The van der Waals surface area contributed by atoms with E-state index in [4.69, 9.17) is 4.74 Å². The summed E-state index contributed by atoms with van der Waals surface area (Å²) in [6.07, 6.45) is 0. The SMILES string of the molecule is COc1ccc(N(CC(=O)N[C@H](C)c2ccccc2)S(=O)(=O)c2ccccc2)cc1. The fourth-order valence-corrected chi connectivity index (χ4v) is 4.47. The van der Waals surface area contributed by atoms with Gasteiger partial charge in [-0.1, -0.05) is 48.5 Å². The van der Waals surface area contributed by atoms with E-state index in [-0.39, 0.29) is 17.5 Å². The van der Waals surface area contributed by atoms with E-state index in [0.29, 0.717) is 11.4 Å². The molecule has 156 valence electrons. The zero-order valence-electron chi connectivity index (χ0n) is 16.9. The van der Waals surface area contributed by atoms with Gasteiger partial charge in [-0.15, -0.1) is 0 Å². The van der Waals surface area contributed by atoms with Crippen molar-refractivity contribution >= 4 is 21.6 Å². The molecule has 0 aromatic heterocycles. The second kappa shape index (κ2) is 9.45. The normalized spacial score (nSPS) is 12.1. The summed E-state index contributed by atoms with van der Waals surface area (Å²) in [5, 5.41) is 2.87. The van der Waals surface area contributed by atoms with Crippen molar-refractivity contribution in [1.82, 2.24) is 5.32 Å². The van der Waals surface area contributed by atoms with E-state index < -0.39 is 15.9 Å². The standard InChI is InChI=1S/C23H24N2O4S/c1-18(19-9-5-3-6-10-19)24-23(26)17-25(20-13-15-21(29-2)16-14-20)30(27,28)22-11-7-4-8-12-22/h3-16,18H,17H2,1-2H3,(H,24,26)/t18-/m1/s1. The number of carbonyl (C=O) groups excluding carboxylic acids is 1. The molecule has 0 heterocycles. The van der Waals surface area contributed by atoms with E-state index in [1.165, 1.54) is 19.2 Å². The van der Waals surface area contributed by atoms with Crippen LogP contribution in [0.3, 0.4) is 0 Å². The van der Waals surface area contributed by atoms with Crippen LogP contribution < -0.4 is 14.4 Å². The summed E-state index contributed by atoms with van der Waals surface area (Å²) in [5.41, 5.74) is 1.31. The number of hydrogen-bond acceptors (Lipinski definition) is 4. The molecular formula is C23H24N2O4S. The molecule has 7 heteroatoms. The first kappa shape index (κ1) is 21.4. The number of ether oxygens (including phenoxy) is 1. The van der Waals surface area contributed by atoms with Gasteiger partial charge in [0.25, 0.3) is 10.0 Å². The molecule has 1 N–H and O–H groups in total. The van der Waals surface area contributed by atoms with Gasteiger partial charge in [-0.25, -0.2) is 8.42 Å². The monoisotopic (exact) mass is 424 g/mol. The number of nitrogens with zero attached hydrogens (tertiary/aromatic N) is 1. The highest BCUT2D eigenvalue weighted by Crippen LogP contribution is 2.25. The second-order valence-corrected chi connectivity index (χ2v) is 8.58. The molecule has 0 aliphatic carbocycles. The van der Waals surface area contributed by atoms with Gasteiger partial charge in [-0.2, -0.15) is 0 Å². The Morgan fingerprint density at radius 2 is 1.50 bits per heavy atom. The first-order chi connectivity index (χ1) is 14.4. The second-order valence-electron chi connectivity index (χ2n) is 6.72. The first-order valence-corrected chi connectivity index (χ1v) is 10.9. The van der Waals surface area contributed by atoms with E-state index in [2.05, 4.69) is 5.32 Å². The lowest BCUT2D eigenvalue weighted by atomic mass is 10.1. The number of amides is 1. The van der Waals surface area contributed by atoms with Crippen molar-refractivity contribution in [2.75, 3.05) is 18.0 Å². The minimum absolute atomic E-state index is 0.115. The van der Waals surface area contributed by atoms with Crippen LogP contribution in [0.1, 0.15) is 18.5 Å². The van der Waals surface area contributed by atoms with E-state index >= 15 is 0 Å². The fraction of sp³-hybridized carbons (Fsp3) is 0.174. The van der Waals surface area contributed by atoms with Gasteiger partial charge in [0.1, 0.15) is 12.3 Å². The lowest BCUT2D eigenvalue weighted by molar-refractivity contribution is -0.120. The number of methoxy groups -OCH3 is 1. The molecule has 6 nitrogen and oxygen atoms in total. The average Bonchev–Trinajstić information content (AvgIpc) is 2.78. The molecule has 1 atom stereocenters. The predicted molar refractivity (Wildman–Crippen MR) is 117 cm³/mol. The zero-order valence-corrected chi connectivity index (χ0v) is 17.7. The molecule has 3 rings (SSSR count). The largest absolute Gasteiger partial charge is 0.497 e. The topological polar surface area (TPSA) is 75.7 Å². The van der Waals surface area contributed by atoms with Gasteiger partial charge < -0.3 is 10.1 Å². The molecule has 3 aromatic carbocycles. The van der Waals surface area contributed by atoms with Crippen LogP contribution in [-0.4, -0.2) is 28.0 Å². The molecule has 1 amide bonds. The third-order valence-corrected chi connectivity index (χ3v) is 6.44. The minimum Gasteiger partial charge on any atom is -0.497 e. The van der Waals surface area contributed by atoms with Crippen LogP contribution in [0.15, 0.2) is 89.8 Å². The molecular weight excluding hydrogens is 400 g/mol. The maximum absolute atomic E-state index is 13.3. The smallest absolute Gasteiger partial charge is 0.264 e. The van der Waals surface area contributed by atoms with Gasteiger partial charge in [0, 0.05) is 0 Å². The van der Waals surface area contributed by atoms with Crippen LogP contribution in [0, 0.1) is 0 Å². The Morgan fingerprint density at radius 1 is 0.933 bits per heavy atom. The van der Waals surface area contributed by atoms with Crippen LogP contribution in [0.25, 0.3) is 0 Å². The summed E-state index contributed by atoms with van der Waals surface area (Å²) in [4.78, 5) is 12.9. The third-order valence-electron chi connectivity index (χ3n) is 4.66. The molecule has 0 bridgehead atoms. The molecule has 30 heavy (non-hydrogen) atoms. The maximum atomic E-state index is 13.3. The van der Waals surface area contributed by atoms with Crippen LogP contribution >= 0.6 is 0 Å². The average molecular weight is 425 g/mol. The van der Waals surface area contributed by atoms with Gasteiger partial charge in [-0.05, 0) is 48.9 Å². The molecule has 0 saturated carbocycles. The Hall–Kier alpha value is -3.32. The molecule has 0 saturated heterocycles. The number of benzene rings is 3. The minimum atomic E-state index is -3.94. The number of carbonyl (C=O) groups is 1. The van der Waals surface area contributed by atoms with Crippen LogP contribution in [-0.2, 0) is 14.8 Å². The Morgan fingerprint density at radius 3 is 2.07 bits per heavy atom. The van der Waals surface area contributed by atoms with E-state index in [1.807, 2.05) is 37.3 Å². The van der Waals surface area contributed by atoms with Crippen molar-refractivity contribution in [3.8, 4) is 5.75 Å². The van der Waals surface area contributed by atoms with Crippen molar-refractivity contribution < 1.29 is 17.9 Å². The van der Waals surface area contributed by atoms with Gasteiger partial charge in [-0.3, -0.25) is 9.10 Å². The van der Waals surface area contributed by atoms with Gasteiger partial charge in [0.15, 0.2) is 0 Å². The van der Waals surface area contributed by atoms with Crippen molar-refractivity contribution in [3.05, 3.63) is 90.5 Å². The van der Waals surface area contributed by atoms with Crippen molar-refractivity contribution in [3.63, 3.8) is 0 Å². The molecule has 3 aromatic rings. The zero-order chi connectivity index (χ0) is 21.6. The molecule has 0 aliphatic heterocycles. The van der Waals surface area contributed by atoms with Crippen molar-refractivity contribution in [2.24, 2.45) is 0 Å². The summed E-state index contributed by atoms with van der Waals surface area (Å²) in [6, 6.07) is 23.9. The van der Waals surface area contributed by atoms with Crippen LogP contribution in [0.2, 0.25) is 0 Å². The maximum Gasteiger partial charge on any atom is 0.264 e. The summed E-state index contributed by atoms with van der Waals surface area (Å²) < 4.78 is 32.8. The van der Waals surface area contributed by atoms with Crippen molar-refractivity contribution in [1.29, 1.82) is 0 Å². The molecule has 0 spiro atoms. The third kappa shape index (κ3) is 4.99. The Bertz CT molecular complexity index is 1070. The summed E-state index contributed by atoms with van der Waals surface area (Å²) in [7, 11) is -2.40. The number of sulfonamides is 1. The van der Waals surface area contributed by atoms with Crippen LogP contribution in [0.4, 0.5) is 5.69 Å². The predicted octanol–water partition coefficient (Wildman–Crippen LogP) is 3.77. The van der Waals surface area contributed by atoms with Crippen molar-refractivity contribution in [2.45, 2.75) is 17.9 Å². The fourth-order valence-electron chi connectivity index (χ4n) is 3.03. The van der Waals surface area contributed by atoms with Crippen LogP contribution in [0.5, 0.6) is 5.75 Å². The number of nitrogens with one attached hydrogen (secondary N) is 1. The van der Waals surface area contributed by atoms with E-state index in [9.17, 15) is 13.2 Å². The van der Waals surface area contributed by atoms with Gasteiger partial charge in [0.2, 0.25) is 5.91 Å². The number of anilines is 1. The number of rotatable bonds is 8. The Balaban J connectivity index is 1.88. The molecule has 0 fully saturated rings. The Labute approximate surface area is 177 Å². The lowest BCUT2D eigenvalue weighted by Crippen LogP contribution is -2.41. The van der Waals surface area contributed by atoms with E-state index in [0.717, 1.165) is 9.87 Å². The van der Waals surface area contributed by atoms with Gasteiger partial charge >= 0.3 is 0 Å². The highest BCUT2D eigenvalue weighted by molar-refractivity contribution is 7.92. The van der Waals surface area contributed by atoms with E-state index in [1.54, 1.807) is 42.5 Å². The Kier molecular flexibility index (Phi) is 6.74. The molecule has 0 radical (unpaired) electrons. The summed E-state index contributed by atoms with van der Waals surface area (Å²) in [6.45, 7) is 1.51. The number of hydrogen-bond donors (Lipinski definition) is 1. The highest BCUT2D eigenvalue weighted by atomic mass is 32.2. The quantitative estimate of drug-likeness (QED) is 0.597. The lowest BCUT2D eigenvalue weighted by Gasteiger charge is -2.25. The highest BCUT2D eigenvalue weighted by Gasteiger charge is 2.27. The van der Waals surface area contributed by atoms with Gasteiger partial charge in [0.05, 0.1) is 23.7 Å². The summed E-state index contributed by atoms with van der Waals surface area (Å²) in [5.74, 6) is 0.194. The first-order valence-electron chi connectivity index (χ1n) is 9.48. The summed E-state index contributed by atoms with van der Waals surface area (Å²) >= 11 is 0. The molecule has 0 unspecified atom stereocenters.